The molecule has 2 atom stereocenters. The number of hydrogen-bond acceptors (Lipinski definition) is 6. The summed E-state index contributed by atoms with van der Waals surface area (Å²) in [4.78, 5) is 24.0. The summed E-state index contributed by atoms with van der Waals surface area (Å²) in [5, 5.41) is 11.7. The lowest BCUT2D eigenvalue weighted by atomic mass is 9.77. The van der Waals surface area contributed by atoms with E-state index >= 15 is 0 Å². The molecule has 0 radical (unpaired) electrons. The smallest absolute Gasteiger partial charge is 0.410 e. The molecule has 7 heteroatoms. The van der Waals surface area contributed by atoms with Gasteiger partial charge in [0.25, 0.3) is 0 Å². The number of carbonyl (C=O) groups excluding carboxylic acids is 1. The van der Waals surface area contributed by atoms with E-state index in [1.165, 1.54) is 22.3 Å². The number of morpholine rings is 1. The third-order valence-electron chi connectivity index (χ3n) is 8.11. The number of benzene rings is 3. The molecule has 1 aromatic heterocycles. The second kappa shape index (κ2) is 8.64. The van der Waals surface area contributed by atoms with Crippen LogP contribution in [-0.2, 0) is 15.1 Å². The lowest BCUT2D eigenvalue weighted by Crippen LogP contribution is -2.62. The average Bonchev–Trinajstić information content (AvgIpc) is 3.24. The van der Waals surface area contributed by atoms with Crippen LogP contribution in [0.25, 0.3) is 22.2 Å². The number of nitrogens with zero attached hydrogens (tertiary/aromatic N) is 3. The molecule has 1 N–H and O–H groups in total. The molecule has 2 saturated heterocycles. The topological polar surface area (TPSA) is 84.8 Å². The van der Waals surface area contributed by atoms with Crippen molar-refractivity contribution in [3.05, 3.63) is 95.8 Å². The van der Waals surface area contributed by atoms with Crippen LogP contribution in [0.5, 0.6) is 0 Å². The first-order valence-electron chi connectivity index (χ1n) is 12.8. The Labute approximate surface area is 214 Å². The molecule has 2 unspecified atom stereocenters. The van der Waals surface area contributed by atoms with E-state index in [2.05, 4.69) is 34.2 Å². The zero-order valence-electron chi connectivity index (χ0n) is 20.3. The molecule has 0 saturated carbocycles. The first-order valence-corrected chi connectivity index (χ1v) is 12.8. The summed E-state index contributed by atoms with van der Waals surface area (Å²) in [6.45, 7) is 1.02. The molecule has 186 valence electrons. The zero-order chi connectivity index (χ0) is 25.0. The van der Waals surface area contributed by atoms with E-state index in [0.717, 1.165) is 16.6 Å². The maximum Gasteiger partial charge on any atom is 0.410 e. The Kier molecular flexibility index (Phi) is 5.23. The highest BCUT2D eigenvalue weighted by Gasteiger charge is 2.49. The molecular formula is C30H27N3O4. The molecule has 2 bridgehead atoms. The fraction of sp³-hybridized carbons (Fsp3) is 0.300. The predicted octanol–water partition coefficient (Wildman–Crippen LogP) is 4.63. The van der Waals surface area contributed by atoms with Gasteiger partial charge in [0.2, 0.25) is 0 Å². The Morgan fingerprint density at radius 2 is 1.54 bits per heavy atom. The summed E-state index contributed by atoms with van der Waals surface area (Å²) >= 11 is 0. The molecule has 1 aliphatic carbocycles. The van der Waals surface area contributed by atoms with Crippen LogP contribution < -0.4 is 0 Å². The van der Waals surface area contributed by atoms with Crippen LogP contribution in [0.3, 0.4) is 0 Å². The van der Waals surface area contributed by atoms with Crippen LogP contribution in [0.4, 0.5) is 4.79 Å². The Morgan fingerprint density at radius 1 is 0.919 bits per heavy atom. The maximum absolute atomic E-state index is 13.5. The Balaban J connectivity index is 1.11. The van der Waals surface area contributed by atoms with E-state index in [-0.39, 0.29) is 30.7 Å². The molecule has 2 fully saturated rings. The number of ether oxygens (including phenoxy) is 2. The monoisotopic (exact) mass is 493 g/mol. The van der Waals surface area contributed by atoms with Crippen molar-refractivity contribution in [3.63, 3.8) is 0 Å². The van der Waals surface area contributed by atoms with Gasteiger partial charge in [-0.1, -0.05) is 54.6 Å². The molecule has 7 rings (SSSR count). The molecule has 3 aliphatic rings. The number of amides is 1. The Hall–Kier alpha value is -3.81. The Morgan fingerprint density at radius 3 is 2.22 bits per heavy atom. The molecule has 4 aromatic rings. The fourth-order valence-electron chi connectivity index (χ4n) is 6.43. The molecule has 3 heterocycles. The summed E-state index contributed by atoms with van der Waals surface area (Å²) in [6, 6.07) is 21.8. The number of piperidine rings is 1. The Bertz CT molecular complexity index is 1450. The number of fused-ring (bicyclic) bond motifs is 6. The number of hydrogen-bond donors (Lipinski definition) is 1. The lowest BCUT2D eigenvalue weighted by molar-refractivity contribution is -0.136. The van der Waals surface area contributed by atoms with Crippen LogP contribution >= 0.6 is 0 Å². The number of aliphatic hydroxyl groups is 1. The van der Waals surface area contributed by atoms with Gasteiger partial charge in [0.15, 0.2) is 0 Å². The maximum atomic E-state index is 13.5. The summed E-state index contributed by atoms with van der Waals surface area (Å²) in [7, 11) is 0. The van der Waals surface area contributed by atoms with E-state index in [1.807, 2.05) is 42.5 Å². The normalized spacial score (nSPS) is 24.5. The van der Waals surface area contributed by atoms with Gasteiger partial charge >= 0.3 is 6.09 Å². The summed E-state index contributed by atoms with van der Waals surface area (Å²) < 4.78 is 11.8. The average molecular weight is 494 g/mol. The van der Waals surface area contributed by atoms with E-state index in [4.69, 9.17) is 9.47 Å². The molecular weight excluding hydrogens is 466 g/mol. The molecule has 3 aromatic carbocycles. The number of aromatic nitrogens is 2. The highest BCUT2D eigenvalue weighted by atomic mass is 16.6. The van der Waals surface area contributed by atoms with Crippen molar-refractivity contribution in [2.24, 2.45) is 0 Å². The van der Waals surface area contributed by atoms with Gasteiger partial charge in [0, 0.05) is 31.2 Å². The van der Waals surface area contributed by atoms with Crippen LogP contribution in [-0.4, -0.2) is 58.0 Å². The zero-order valence-corrected chi connectivity index (χ0v) is 20.3. The van der Waals surface area contributed by atoms with E-state index in [0.29, 0.717) is 26.1 Å². The highest BCUT2D eigenvalue weighted by Crippen LogP contribution is 2.45. The first kappa shape index (κ1) is 22.4. The summed E-state index contributed by atoms with van der Waals surface area (Å²) in [5.41, 5.74) is 6.03. The largest absolute Gasteiger partial charge is 0.448 e. The second-order valence-electron chi connectivity index (χ2n) is 10.3. The van der Waals surface area contributed by atoms with E-state index < -0.39 is 5.60 Å². The minimum atomic E-state index is -1.08. The van der Waals surface area contributed by atoms with Gasteiger partial charge in [0.05, 0.1) is 41.9 Å². The van der Waals surface area contributed by atoms with Gasteiger partial charge in [0.1, 0.15) is 6.61 Å². The highest BCUT2D eigenvalue weighted by molar-refractivity contribution is 5.79. The van der Waals surface area contributed by atoms with Gasteiger partial charge in [-0.25, -0.2) is 4.79 Å². The van der Waals surface area contributed by atoms with Crippen LogP contribution in [0.1, 0.15) is 35.4 Å². The quantitative estimate of drug-likeness (QED) is 0.448. The lowest BCUT2D eigenvalue weighted by Gasteiger charge is -2.51. The third kappa shape index (κ3) is 3.69. The molecule has 37 heavy (non-hydrogen) atoms. The second-order valence-corrected chi connectivity index (χ2v) is 10.3. The van der Waals surface area contributed by atoms with Gasteiger partial charge in [-0.05, 0) is 39.9 Å². The molecule has 0 spiro atoms. The van der Waals surface area contributed by atoms with Gasteiger partial charge in [-0.2, -0.15) is 0 Å². The minimum absolute atomic E-state index is 0.00729. The van der Waals surface area contributed by atoms with E-state index in [9.17, 15) is 9.90 Å². The predicted molar refractivity (Wildman–Crippen MR) is 138 cm³/mol. The minimum Gasteiger partial charge on any atom is -0.448 e. The SMILES string of the molecule is O=C(OCC1c2ccccc2-c2ccccc21)N1C2COCC1CC(O)(c1ccc3nccnc3c1)C2. The van der Waals surface area contributed by atoms with Crippen LogP contribution in [0.2, 0.25) is 0 Å². The summed E-state index contributed by atoms with van der Waals surface area (Å²) in [5.74, 6) is 0.00729. The van der Waals surface area contributed by atoms with Crippen LogP contribution in [0.15, 0.2) is 79.1 Å². The van der Waals surface area contributed by atoms with Gasteiger partial charge < -0.3 is 14.6 Å². The third-order valence-corrected chi connectivity index (χ3v) is 8.11. The van der Waals surface area contributed by atoms with Gasteiger partial charge in [-0.15, -0.1) is 0 Å². The first-order chi connectivity index (χ1) is 18.1. The van der Waals surface area contributed by atoms with Crippen molar-refractivity contribution < 1.29 is 19.4 Å². The summed E-state index contributed by atoms with van der Waals surface area (Å²) in [6.07, 6.45) is 3.72. The molecule has 1 amide bonds. The van der Waals surface area contributed by atoms with Crippen LogP contribution in [0, 0.1) is 0 Å². The molecule has 7 nitrogen and oxygen atoms in total. The van der Waals surface area contributed by atoms with Gasteiger partial charge in [-0.3, -0.25) is 14.9 Å². The molecule has 2 aliphatic heterocycles. The number of rotatable bonds is 3. The van der Waals surface area contributed by atoms with Crippen molar-refractivity contribution in [2.45, 2.75) is 36.4 Å². The van der Waals surface area contributed by atoms with Crippen molar-refractivity contribution in [1.82, 2.24) is 14.9 Å². The van der Waals surface area contributed by atoms with Crippen molar-refractivity contribution in [1.29, 1.82) is 0 Å². The van der Waals surface area contributed by atoms with Crippen molar-refractivity contribution >= 4 is 17.1 Å². The standard InChI is InChI=1S/C30H27N3O4/c34-29(37-18-26-24-7-3-1-5-22(24)23-6-2-4-8-25(23)26)33-20-14-30(35,15-21(33)17-36-16-20)19-9-10-27-28(13-19)32-12-11-31-27/h1-13,20-21,26,35H,14-18H2. The van der Waals surface area contributed by atoms with E-state index in [1.54, 1.807) is 17.3 Å². The van der Waals surface area contributed by atoms with Crippen molar-refractivity contribution in [3.8, 4) is 11.1 Å². The van der Waals surface area contributed by atoms with Crippen molar-refractivity contribution in [2.75, 3.05) is 19.8 Å². The fourth-order valence-corrected chi connectivity index (χ4v) is 6.43. The number of carbonyl (C=O) groups is 1.